The molecular weight excluding hydrogens is 186 g/mol. The summed E-state index contributed by atoms with van der Waals surface area (Å²) in [6.07, 6.45) is 1.55. The summed E-state index contributed by atoms with van der Waals surface area (Å²) >= 11 is 0.917. The topological polar surface area (TPSA) is 66.7 Å². The van der Waals surface area contributed by atoms with Gasteiger partial charge in [0, 0.05) is 6.04 Å². The summed E-state index contributed by atoms with van der Waals surface area (Å²) in [5.41, 5.74) is 0. The maximum absolute atomic E-state index is 10.5. The highest BCUT2D eigenvalue weighted by molar-refractivity contribution is 8.33. The van der Waals surface area contributed by atoms with Crippen molar-refractivity contribution in [3.8, 4) is 0 Å². The van der Waals surface area contributed by atoms with Gasteiger partial charge in [0.05, 0.1) is 0 Å². The third kappa shape index (κ3) is 4.39. The van der Waals surface area contributed by atoms with E-state index in [4.69, 9.17) is 4.55 Å². The van der Waals surface area contributed by atoms with Crippen molar-refractivity contribution in [3.63, 3.8) is 0 Å². The Morgan fingerprint density at radius 2 is 2.00 bits per heavy atom. The zero-order valence-corrected chi connectivity index (χ0v) is 8.24. The third-order valence-corrected chi connectivity index (χ3v) is 2.89. The van der Waals surface area contributed by atoms with Gasteiger partial charge in [-0.25, -0.2) is 0 Å². The fourth-order valence-corrected chi connectivity index (χ4v) is 1.94. The summed E-state index contributed by atoms with van der Waals surface area (Å²) in [5.74, 6) is 0. The van der Waals surface area contributed by atoms with Crippen molar-refractivity contribution in [3.05, 3.63) is 0 Å². The Kier molecular flexibility index (Phi) is 4.05. The van der Waals surface area contributed by atoms with Crippen LogP contribution in [0.4, 0.5) is 0 Å². The van der Waals surface area contributed by atoms with Crippen molar-refractivity contribution in [1.29, 1.82) is 0 Å². The number of thioether (sulfide) groups is 1. The van der Waals surface area contributed by atoms with Crippen molar-refractivity contribution >= 4 is 26.3 Å². The van der Waals surface area contributed by atoms with E-state index < -0.39 is 10.1 Å². The zero-order chi connectivity index (χ0) is 9.07. The normalized spacial score (nSPS) is 14.1. The molecule has 0 aliphatic carbocycles. The molecule has 0 heterocycles. The van der Waals surface area contributed by atoms with E-state index in [9.17, 15) is 8.42 Å². The average molecular weight is 197 g/mol. The lowest BCUT2D eigenvalue weighted by molar-refractivity contribution is 0.498. The molecule has 0 fully saturated rings. The lowest BCUT2D eigenvalue weighted by Crippen LogP contribution is -2.11. The van der Waals surface area contributed by atoms with E-state index in [-0.39, 0.29) is 10.4 Å². The quantitative estimate of drug-likeness (QED) is 0.387. The molecule has 0 aliphatic heterocycles. The van der Waals surface area contributed by atoms with Crippen LogP contribution in [0.1, 0.15) is 13.8 Å². The Hall–Kier alpha value is -0.0700. The number of nitrogens with zero attached hydrogens (tertiary/aromatic N) is 1. The van der Waals surface area contributed by atoms with Gasteiger partial charge in [0.2, 0.25) is 4.38 Å². The summed E-state index contributed by atoms with van der Waals surface area (Å²) in [7, 11) is -4.10. The molecule has 0 spiro atoms. The van der Waals surface area contributed by atoms with E-state index in [2.05, 4.69) is 4.99 Å². The fraction of sp³-hybridized carbons (Fsp3) is 0.800. The second-order valence-corrected chi connectivity index (χ2v) is 4.56. The predicted molar refractivity (Wildman–Crippen MR) is 47.6 cm³/mol. The summed E-state index contributed by atoms with van der Waals surface area (Å²) in [5, 5.41) is 0. The Morgan fingerprint density at radius 3 is 2.09 bits per heavy atom. The molecule has 0 unspecified atom stereocenters. The van der Waals surface area contributed by atoms with E-state index in [1.54, 1.807) is 20.1 Å². The number of rotatable bonds is 1. The molecule has 0 aliphatic rings. The van der Waals surface area contributed by atoms with Gasteiger partial charge in [-0.15, -0.1) is 0 Å². The van der Waals surface area contributed by atoms with Gasteiger partial charge in [-0.3, -0.25) is 9.55 Å². The summed E-state index contributed by atoms with van der Waals surface area (Å²) in [6.45, 7) is 3.48. The second kappa shape index (κ2) is 4.08. The molecule has 6 heteroatoms. The van der Waals surface area contributed by atoms with E-state index >= 15 is 0 Å². The molecule has 4 nitrogen and oxygen atoms in total. The third-order valence-electron chi connectivity index (χ3n) is 0.759. The monoisotopic (exact) mass is 197 g/mol. The van der Waals surface area contributed by atoms with Crippen LogP contribution in [0.25, 0.3) is 0 Å². The molecule has 0 amide bonds. The second-order valence-electron chi connectivity index (χ2n) is 2.17. The number of aliphatic imine (C=N–C) groups is 1. The van der Waals surface area contributed by atoms with Gasteiger partial charge >= 0.3 is 10.1 Å². The lowest BCUT2D eigenvalue weighted by atomic mass is 10.4. The highest BCUT2D eigenvalue weighted by Gasteiger charge is 2.14. The molecule has 0 aromatic rings. The van der Waals surface area contributed by atoms with E-state index in [0.717, 1.165) is 11.8 Å². The van der Waals surface area contributed by atoms with Crippen LogP contribution in [-0.2, 0) is 10.1 Å². The van der Waals surface area contributed by atoms with Crippen molar-refractivity contribution in [2.75, 3.05) is 6.26 Å². The van der Waals surface area contributed by atoms with Gasteiger partial charge < -0.3 is 0 Å². The van der Waals surface area contributed by atoms with Gasteiger partial charge in [-0.2, -0.15) is 8.42 Å². The van der Waals surface area contributed by atoms with Crippen LogP contribution in [0.15, 0.2) is 4.99 Å². The maximum Gasteiger partial charge on any atom is 0.318 e. The van der Waals surface area contributed by atoms with Crippen LogP contribution < -0.4 is 0 Å². The summed E-state index contributed by atoms with van der Waals surface area (Å²) < 4.78 is 29.3. The summed E-state index contributed by atoms with van der Waals surface area (Å²) in [6, 6.07) is -0.126. The molecule has 11 heavy (non-hydrogen) atoms. The molecule has 1 N–H and O–H groups in total. The SMILES string of the molecule is CS/C(=N/C(C)C)S(=O)(=O)O. The lowest BCUT2D eigenvalue weighted by Gasteiger charge is -2.00. The summed E-state index contributed by atoms with van der Waals surface area (Å²) in [4.78, 5) is 3.71. The van der Waals surface area contributed by atoms with Crippen LogP contribution in [0, 0.1) is 0 Å². The van der Waals surface area contributed by atoms with Gasteiger partial charge in [0.15, 0.2) is 0 Å². The molecular formula is C5H11NO3S2. The highest BCUT2D eigenvalue weighted by Crippen LogP contribution is 2.06. The molecule has 0 aromatic carbocycles. The van der Waals surface area contributed by atoms with E-state index in [1.807, 2.05) is 0 Å². The minimum Gasteiger partial charge on any atom is -0.280 e. The molecule has 0 atom stereocenters. The van der Waals surface area contributed by atoms with Gasteiger partial charge in [0.1, 0.15) is 0 Å². The first-order valence-electron chi connectivity index (χ1n) is 2.97. The standard InChI is InChI=1S/C5H11NO3S2/c1-4(2)6-5(10-3)11(7,8)9/h4H,1-3H3,(H,7,8,9)/b6-5-. The van der Waals surface area contributed by atoms with Crippen molar-refractivity contribution in [2.24, 2.45) is 4.99 Å². The first-order valence-corrected chi connectivity index (χ1v) is 5.63. The van der Waals surface area contributed by atoms with Crippen LogP contribution in [0.5, 0.6) is 0 Å². The van der Waals surface area contributed by atoms with Crippen molar-refractivity contribution in [1.82, 2.24) is 0 Å². The average Bonchev–Trinajstić information content (AvgIpc) is 1.79. The zero-order valence-electron chi connectivity index (χ0n) is 6.60. The van der Waals surface area contributed by atoms with Crippen LogP contribution in [0.3, 0.4) is 0 Å². The molecule has 0 rings (SSSR count). The molecule has 0 saturated carbocycles. The maximum atomic E-state index is 10.5. The molecule has 0 saturated heterocycles. The Bertz CT molecular complexity index is 242. The van der Waals surface area contributed by atoms with Crippen LogP contribution >= 0.6 is 11.8 Å². The van der Waals surface area contributed by atoms with Crippen molar-refractivity contribution < 1.29 is 13.0 Å². The number of hydrogen-bond acceptors (Lipinski definition) is 4. The van der Waals surface area contributed by atoms with Gasteiger partial charge in [-0.05, 0) is 20.1 Å². The molecule has 0 bridgehead atoms. The largest absolute Gasteiger partial charge is 0.318 e. The van der Waals surface area contributed by atoms with Gasteiger partial charge in [0.25, 0.3) is 0 Å². The van der Waals surface area contributed by atoms with Crippen LogP contribution in [-0.4, -0.2) is 29.6 Å². The Balaban J connectivity index is 4.70. The minimum absolute atomic E-state index is 0.126. The van der Waals surface area contributed by atoms with E-state index in [1.165, 1.54) is 0 Å². The Morgan fingerprint density at radius 1 is 1.55 bits per heavy atom. The molecule has 0 radical (unpaired) electrons. The molecule has 0 aromatic heterocycles. The van der Waals surface area contributed by atoms with Crippen molar-refractivity contribution in [2.45, 2.75) is 19.9 Å². The molecule has 66 valence electrons. The first kappa shape index (κ1) is 10.9. The Labute approximate surface area is 70.8 Å². The fourth-order valence-electron chi connectivity index (χ4n) is 0.435. The minimum atomic E-state index is -4.10. The smallest absolute Gasteiger partial charge is 0.280 e. The number of hydrogen-bond donors (Lipinski definition) is 1. The predicted octanol–water partition coefficient (Wildman–Crippen LogP) is 1.00. The van der Waals surface area contributed by atoms with E-state index in [0.29, 0.717) is 0 Å². The first-order chi connectivity index (χ1) is 4.88. The van der Waals surface area contributed by atoms with Gasteiger partial charge in [-0.1, -0.05) is 11.8 Å². The highest BCUT2D eigenvalue weighted by atomic mass is 32.3. The van der Waals surface area contributed by atoms with Crippen LogP contribution in [0.2, 0.25) is 0 Å².